The number of imidazole rings is 1. The molecule has 4 rings (SSSR count). The zero-order chi connectivity index (χ0) is 14.9. The van der Waals surface area contributed by atoms with Gasteiger partial charge in [0, 0.05) is 45.1 Å². The first-order valence-corrected chi connectivity index (χ1v) is 8.19. The van der Waals surface area contributed by atoms with E-state index in [1.54, 1.807) is 0 Å². The van der Waals surface area contributed by atoms with Crippen LogP contribution in [0.15, 0.2) is 18.6 Å². The summed E-state index contributed by atoms with van der Waals surface area (Å²) in [4.78, 5) is 6.99. The predicted molar refractivity (Wildman–Crippen MR) is 83.7 cm³/mol. The van der Waals surface area contributed by atoms with Gasteiger partial charge in [-0.1, -0.05) is 0 Å². The summed E-state index contributed by atoms with van der Waals surface area (Å²) in [7, 11) is 2.05. The fourth-order valence-electron chi connectivity index (χ4n) is 3.77. The quantitative estimate of drug-likeness (QED) is 0.943. The molecule has 0 aromatic carbocycles. The lowest BCUT2D eigenvalue weighted by molar-refractivity contribution is -0.0324. The summed E-state index contributed by atoms with van der Waals surface area (Å²) in [6.07, 6.45) is 10.6. The molecular formula is C16H23N5O. The number of nitrogens with zero attached hydrogens (tertiary/aromatic N) is 4. The van der Waals surface area contributed by atoms with E-state index in [1.165, 1.54) is 24.2 Å². The molecular weight excluding hydrogens is 278 g/mol. The van der Waals surface area contributed by atoms with Crippen molar-refractivity contribution < 1.29 is 4.74 Å². The van der Waals surface area contributed by atoms with Crippen molar-refractivity contribution in [3.05, 3.63) is 30.1 Å². The molecule has 0 unspecified atom stereocenters. The van der Waals surface area contributed by atoms with Crippen LogP contribution in [0.25, 0.3) is 0 Å². The Hall–Kier alpha value is -1.82. The number of hydrogen-bond donors (Lipinski definition) is 1. The van der Waals surface area contributed by atoms with E-state index >= 15 is 0 Å². The first-order valence-electron chi connectivity index (χ1n) is 8.19. The Morgan fingerprint density at radius 2 is 2.36 bits per heavy atom. The Balaban J connectivity index is 1.55. The number of H-pyrrole nitrogens is 1. The fraction of sp³-hybridized carbons (Fsp3) is 0.625. The van der Waals surface area contributed by atoms with Gasteiger partial charge in [-0.25, -0.2) is 4.98 Å². The van der Waals surface area contributed by atoms with Crippen LogP contribution < -0.4 is 4.90 Å². The molecule has 1 saturated heterocycles. The van der Waals surface area contributed by atoms with Crippen LogP contribution in [0.5, 0.6) is 0 Å². The SMILES string of the molecule is Cn1ccnc1[C@@H]1OCCC[C@H]1CN1CCCc2[nH]ncc21. The Kier molecular flexibility index (Phi) is 3.62. The molecule has 0 radical (unpaired) electrons. The van der Waals surface area contributed by atoms with Crippen LogP contribution in [-0.2, 0) is 18.2 Å². The monoisotopic (exact) mass is 301 g/mol. The molecule has 0 bridgehead atoms. The van der Waals surface area contributed by atoms with Crippen LogP contribution in [-0.4, -0.2) is 39.4 Å². The van der Waals surface area contributed by atoms with Crippen molar-refractivity contribution in [1.82, 2.24) is 19.7 Å². The number of aromatic nitrogens is 4. The smallest absolute Gasteiger partial charge is 0.138 e. The highest BCUT2D eigenvalue weighted by molar-refractivity contribution is 5.51. The van der Waals surface area contributed by atoms with E-state index in [-0.39, 0.29) is 6.10 Å². The lowest BCUT2D eigenvalue weighted by Crippen LogP contribution is -2.38. The molecule has 0 saturated carbocycles. The second-order valence-corrected chi connectivity index (χ2v) is 6.37. The largest absolute Gasteiger partial charge is 0.370 e. The molecule has 2 atom stereocenters. The van der Waals surface area contributed by atoms with Crippen LogP contribution in [0.4, 0.5) is 5.69 Å². The zero-order valence-electron chi connectivity index (χ0n) is 13.0. The summed E-state index contributed by atoms with van der Waals surface area (Å²) in [5.41, 5.74) is 2.55. The van der Waals surface area contributed by atoms with Gasteiger partial charge in [0.15, 0.2) is 0 Å². The third-order valence-electron chi connectivity index (χ3n) is 4.90. The van der Waals surface area contributed by atoms with Crippen molar-refractivity contribution in [2.75, 3.05) is 24.6 Å². The van der Waals surface area contributed by atoms with Gasteiger partial charge < -0.3 is 14.2 Å². The molecule has 1 fully saturated rings. The van der Waals surface area contributed by atoms with Gasteiger partial charge in [-0.3, -0.25) is 5.10 Å². The molecule has 0 aliphatic carbocycles. The molecule has 0 amide bonds. The fourth-order valence-corrected chi connectivity index (χ4v) is 3.77. The van der Waals surface area contributed by atoms with Crippen molar-refractivity contribution in [1.29, 1.82) is 0 Å². The minimum atomic E-state index is 0.103. The van der Waals surface area contributed by atoms with Crippen LogP contribution in [0.2, 0.25) is 0 Å². The lowest BCUT2D eigenvalue weighted by Gasteiger charge is -2.37. The Morgan fingerprint density at radius 3 is 3.23 bits per heavy atom. The lowest BCUT2D eigenvalue weighted by atomic mass is 9.92. The third-order valence-corrected chi connectivity index (χ3v) is 4.90. The Labute approximate surface area is 130 Å². The average molecular weight is 301 g/mol. The summed E-state index contributed by atoms with van der Waals surface area (Å²) in [6.45, 7) is 2.96. The number of fused-ring (bicyclic) bond motifs is 1. The standard InChI is InChI=1S/C16H23N5O/c1-20-8-6-17-16(20)15-12(4-3-9-22-15)11-21-7-2-5-13-14(21)10-18-19-13/h6,8,10,12,15H,2-5,7,9,11H2,1H3,(H,18,19)/t12-,15+/m0/s1. The maximum atomic E-state index is 6.09. The molecule has 4 heterocycles. The third kappa shape index (κ3) is 2.41. The molecule has 2 aromatic heterocycles. The molecule has 2 aliphatic rings. The van der Waals surface area contributed by atoms with Crippen LogP contribution >= 0.6 is 0 Å². The minimum Gasteiger partial charge on any atom is -0.370 e. The highest BCUT2D eigenvalue weighted by Crippen LogP contribution is 2.35. The predicted octanol–water partition coefficient (Wildman–Crippen LogP) is 2.06. The van der Waals surface area contributed by atoms with E-state index in [0.717, 1.165) is 38.4 Å². The van der Waals surface area contributed by atoms with Gasteiger partial charge in [-0.05, 0) is 25.7 Å². The van der Waals surface area contributed by atoms with Gasteiger partial charge >= 0.3 is 0 Å². The molecule has 118 valence electrons. The molecule has 2 aromatic rings. The molecule has 1 N–H and O–H groups in total. The van der Waals surface area contributed by atoms with E-state index in [2.05, 4.69) is 24.6 Å². The number of aromatic amines is 1. The van der Waals surface area contributed by atoms with Crippen molar-refractivity contribution >= 4 is 5.69 Å². The summed E-state index contributed by atoms with van der Waals surface area (Å²) in [5.74, 6) is 1.53. The van der Waals surface area contributed by atoms with Crippen LogP contribution in [0.1, 0.15) is 36.9 Å². The molecule has 0 spiro atoms. The highest BCUT2D eigenvalue weighted by atomic mass is 16.5. The van der Waals surface area contributed by atoms with E-state index < -0.39 is 0 Å². The topological polar surface area (TPSA) is 59.0 Å². The first kappa shape index (κ1) is 13.8. The van der Waals surface area contributed by atoms with E-state index in [4.69, 9.17) is 4.74 Å². The van der Waals surface area contributed by atoms with Gasteiger partial charge in [-0.2, -0.15) is 5.10 Å². The molecule has 6 heteroatoms. The Morgan fingerprint density at radius 1 is 1.41 bits per heavy atom. The number of rotatable bonds is 3. The zero-order valence-corrected chi connectivity index (χ0v) is 13.0. The van der Waals surface area contributed by atoms with Crippen LogP contribution in [0.3, 0.4) is 0 Å². The van der Waals surface area contributed by atoms with Gasteiger partial charge in [0.05, 0.1) is 17.6 Å². The Bertz CT molecular complexity index is 634. The summed E-state index contributed by atoms with van der Waals surface area (Å²) in [5, 5.41) is 7.35. The summed E-state index contributed by atoms with van der Waals surface area (Å²) < 4.78 is 8.18. The number of anilines is 1. The normalized spacial score (nSPS) is 25.2. The minimum absolute atomic E-state index is 0.103. The number of ether oxygens (including phenoxy) is 1. The second-order valence-electron chi connectivity index (χ2n) is 6.37. The van der Waals surface area contributed by atoms with Crippen molar-refractivity contribution in [3.63, 3.8) is 0 Å². The number of aryl methyl sites for hydroxylation is 2. The van der Waals surface area contributed by atoms with Crippen molar-refractivity contribution in [3.8, 4) is 0 Å². The van der Waals surface area contributed by atoms with Crippen LogP contribution in [0, 0.1) is 5.92 Å². The molecule has 22 heavy (non-hydrogen) atoms. The average Bonchev–Trinajstić information content (AvgIpc) is 3.17. The van der Waals surface area contributed by atoms with E-state index in [9.17, 15) is 0 Å². The number of hydrogen-bond acceptors (Lipinski definition) is 4. The van der Waals surface area contributed by atoms with Gasteiger partial charge in [0.25, 0.3) is 0 Å². The van der Waals surface area contributed by atoms with Gasteiger partial charge in [0.1, 0.15) is 11.9 Å². The van der Waals surface area contributed by atoms with Crippen molar-refractivity contribution in [2.24, 2.45) is 13.0 Å². The van der Waals surface area contributed by atoms with E-state index in [0.29, 0.717) is 5.92 Å². The van der Waals surface area contributed by atoms with Gasteiger partial charge in [-0.15, -0.1) is 0 Å². The van der Waals surface area contributed by atoms with Crippen molar-refractivity contribution in [2.45, 2.75) is 31.8 Å². The van der Waals surface area contributed by atoms with E-state index in [1.807, 2.05) is 25.6 Å². The van der Waals surface area contributed by atoms with Gasteiger partial charge in [0.2, 0.25) is 0 Å². The number of nitrogens with one attached hydrogen (secondary N) is 1. The summed E-state index contributed by atoms with van der Waals surface area (Å²) >= 11 is 0. The molecule has 2 aliphatic heterocycles. The first-order chi connectivity index (χ1) is 10.8. The maximum absolute atomic E-state index is 6.09. The second kappa shape index (κ2) is 5.76. The highest BCUT2D eigenvalue weighted by Gasteiger charge is 2.33. The maximum Gasteiger partial charge on any atom is 0.138 e. The molecule has 6 nitrogen and oxygen atoms in total. The summed E-state index contributed by atoms with van der Waals surface area (Å²) in [6, 6.07) is 0.